The number of aliphatic imine (C=N–C) groups is 1. The van der Waals surface area contributed by atoms with E-state index in [1.807, 2.05) is 19.2 Å². The van der Waals surface area contributed by atoms with Gasteiger partial charge in [0.15, 0.2) is 0 Å². The highest BCUT2D eigenvalue weighted by Crippen LogP contribution is 2.02. The molecule has 0 radical (unpaired) electrons. The molecule has 2 heteroatoms. The fourth-order valence-corrected chi connectivity index (χ4v) is 0.495. The van der Waals surface area contributed by atoms with Gasteiger partial charge in [-0.15, -0.1) is 0 Å². The molecular formula is C8H12N2. The first-order valence-electron chi connectivity index (χ1n) is 2.95. The minimum absolute atomic E-state index is 0.577. The second kappa shape index (κ2) is 4.56. The van der Waals surface area contributed by atoms with E-state index in [1.54, 1.807) is 11.1 Å². The molecule has 0 N–H and O–H groups in total. The average Bonchev–Trinajstić information content (AvgIpc) is 1.99. The highest BCUT2D eigenvalue weighted by Gasteiger charge is 1.92. The van der Waals surface area contributed by atoms with Crippen LogP contribution in [-0.4, -0.2) is 11.6 Å². The Morgan fingerprint density at radius 2 is 2.20 bits per heavy atom. The van der Waals surface area contributed by atoms with Crippen molar-refractivity contribution in [3.8, 4) is 0 Å². The summed E-state index contributed by atoms with van der Waals surface area (Å²) in [4.78, 5) is 5.32. The second-order valence-corrected chi connectivity index (χ2v) is 1.65. The smallest absolute Gasteiger partial charge is 0.128 e. The Hall–Kier alpha value is -1.31. The standard InChI is InChI=1S/C8H12N2/c1-5-7-10(6-2)8(3)9-4/h5-7H,2-4H2,1H3/b7-5-. The highest BCUT2D eigenvalue weighted by atomic mass is 15.2. The zero-order valence-electron chi connectivity index (χ0n) is 6.25. The SMILES string of the molecule is C=CN(/C=C\C)C(=C)N=C. The predicted octanol–water partition coefficient (Wildman–Crippen LogP) is 2.14. The largest absolute Gasteiger partial charge is 0.310 e. The van der Waals surface area contributed by atoms with Crippen LogP contribution in [0, 0.1) is 0 Å². The van der Waals surface area contributed by atoms with Crippen LogP contribution in [0.5, 0.6) is 0 Å². The number of hydrogen-bond donors (Lipinski definition) is 0. The molecule has 0 aliphatic carbocycles. The monoisotopic (exact) mass is 136 g/mol. The van der Waals surface area contributed by atoms with E-state index in [0.29, 0.717) is 5.82 Å². The lowest BCUT2D eigenvalue weighted by atomic mass is 10.6. The Labute approximate surface area is 61.9 Å². The molecule has 0 saturated carbocycles. The molecule has 0 aromatic carbocycles. The summed E-state index contributed by atoms with van der Waals surface area (Å²) < 4.78 is 0. The zero-order valence-corrected chi connectivity index (χ0v) is 6.25. The van der Waals surface area contributed by atoms with E-state index in [0.717, 1.165) is 0 Å². The normalized spacial score (nSPS) is 9.30. The fourth-order valence-electron chi connectivity index (χ4n) is 0.495. The van der Waals surface area contributed by atoms with E-state index in [4.69, 9.17) is 0 Å². The first-order valence-corrected chi connectivity index (χ1v) is 2.95. The zero-order chi connectivity index (χ0) is 7.98. The molecule has 0 aliphatic heterocycles. The number of allylic oxidation sites excluding steroid dienone is 1. The van der Waals surface area contributed by atoms with Crippen LogP contribution in [0.3, 0.4) is 0 Å². The molecule has 54 valence electrons. The van der Waals surface area contributed by atoms with E-state index in [1.165, 1.54) is 0 Å². The van der Waals surface area contributed by atoms with Crippen LogP contribution >= 0.6 is 0 Å². The molecule has 0 unspecified atom stereocenters. The molecule has 0 fully saturated rings. The Bertz CT molecular complexity index is 168. The van der Waals surface area contributed by atoms with Crippen molar-refractivity contribution >= 4 is 6.72 Å². The van der Waals surface area contributed by atoms with E-state index in [-0.39, 0.29) is 0 Å². The van der Waals surface area contributed by atoms with Crippen LogP contribution in [0.1, 0.15) is 6.92 Å². The van der Waals surface area contributed by atoms with Gasteiger partial charge in [-0.2, -0.15) is 0 Å². The number of nitrogens with zero attached hydrogens (tertiary/aromatic N) is 2. The summed E-state index contributed by atoms with van der Waals surface area (Å²) in [7, 11) is 0. The van der Waals surface area contributed by atoms with Crippen molar-refractivity contribution in [1.82, 2.24) is 4.90 Å². The molecule has 0 aromatic heterocycles. The van der Waals surface area contributed by atoms with Crippen LogP contribution < -0.4 is 0 Å². The summed E-state index contributed by atoms with van der Waals surface area (Å²) in [6, 6.07) is 0. The number of hydrogen-bond acceptors (Lipinski definition) is 2. The molecule has 0 saturated heterocycles. The molecule has 0 aromatic rings. The van der Waals surface area contributed by atoms with Crippen LogP contribution in [-0.2, 0) is 0 Å². The van der Waals surface area contributed by atoms with Crippen molar-refractivity contribution in [3.63, 3.8) is 0 Å². The molecule has 10 heavy (non-hydrogen) atoms. The van der Waals surface area contributed by atoms with Crippen LogP contribution in [0.15, 0.2) is 42.4 Å². The molecule has 0 aliphatic rings. The minimum Gasteiger partial charge on any atom is -0.310 e. The van der Waals surface area contributed by atoms with Gasteiger partial charge in [0.05, 0.1) is 0 Å². The topological polar surface area (TPSA) is 15.6 Å². The van der Waals surface area contributed by atoms with E-state index < -0.39 is 0 Å². The maximum Gasteiger partial charge on any atom is 0.128 e. The van der Waals surface area contributed by atoms with Crippen molar-refractivity contribution in [2.45, 2.75) is 6.92 Å². The summed E-state index contributed by atoms with van der Waals surface area (Å²) in [6.45, 7) is 12.5. The van der Waals surface area contributed by atoms with Gasteiger partial charge in [0.1, 0.15) is 5.82 Å². The molecule has 0 atom stereocenters. The van der Waals surface area contributed by atoms with Crippen molar-refractivity contribution < 1.29 is 0 Å². The first kappa shape index (κ1) is 8.69. The molecule has 0 rings (SSSR count). The van der Waals surface area contributed by atoms with Gasteiger partial charge in [-0.1, -0.05) is 19.2 Å². The minimum atomic E-state index is 0.577. The third-order valence-corrected chi connectivity index (χ3v) is 0.987. The lowest BCUT2D eigenvalue weighted by Crippen LogP contribution is -2.04. The molecule has 0 bridgehead atoms. The lowest BCUT2D eigenvalue weighted by molar-refractivity contribution is 0.626. The van der Waals surface area contributed by atoms with Crippen LogP contribution in [0.25, 0.3) is 0 Å². The van der Waals surface area contributed by atoms with Gasteiger partial charge in [0.2, 0.25) is 0 Å². The Morgan fingerprint density at radius 1 is 1.60 bits per heavy atom. The maximum absolute atomic E-state index is 3.64. The molecule has 0 spiro atoms. The highest BCUT2D eigenvalue weighted by molar-refractivity contribution is 5.28. The van der Waals surface area contributed by atoms with E-state index >= 15 is 0 Å². The number of rotatable bonds is 4. The van der Waals surface area contributed by atoms with Crippen molar-refractivity contribution in [2.24, 2.45) is 4.99 Å². The van der Waals surface area contributed by atoms with Gasteiger partial charge >= 0.3 is 0 Å². The van der Waals surface area contributed by atoms with Gasteiger partial charge in [0.25, 0.3) is 0 Å². The maximum atomic E-state index is 3.64. The average molecular weight is 136 g/mol. The summed E-state index contributed by atoms with van der Waals surface area (Å²) >= 11 is 0. The Balaban J connectivity index is 4.19. The van der Waals surface area contributed by atoms with Crippen molar-refractivity contribution in [3.05, 3.63) is 37.5 Å². The Morgan fingerprint density at radius 3 is 2.50 bits per heavy atom. The van der Waals surface area contributed by atoms with Gasteiger partial charge in [0, 0.05) is 12.4 Å². The lowest BCUT2D eigenvalue weighted by Gasteiger charge is -2.12. The Kier molecular flexibility index (Phi) is 3.96. The van der Waals surface area contributed by atoms with Crippen LogP contribution in [0.2, 0.25) is 0 Å². The first-order chi connectivity index (χ1) is 4.76. The van der Waals surface area contributed by atoms with Crippen LogP contribution in [0.4, 0.5) is 0 Å². The van der Waals surface area contributed by atoms with Gasteiger partial charge in [-0.25, -0.2) is 4.99 Å². The summed E-state index contributed by atoms with van der Waals surface area (Å²) in [5.41, 5.74) is 0. The van der Waals surface area contributed by atoms with Gasteiger partial charge in [-0.3, -0.25) is 0 Å². The molecule has 0 heterocycles. The third kappa shape index (κ3) is 2.31. The third-order valence-electron chi connectivity index (χ3n) is 0.987. The van der Waals surface area contributed by atoms with E-state index in [2.05, 4.69) is 24.9 Å². The molecule has 0 amide bonds. The quantitative estimate of drug-likeness (QED) is 0.540. The molecular weight excluding hydrogens is 124 g/mol. The fraction of sp³-hybridized carbons (Fsp3) is 0.125. The van der Waals surface area contributed by atoms with Crippen molar-refractivity contribution in [1.29, 1.82) is 0 Å². The summed E-state index contributed by atoms with van der Waals surface area (Å²) in [6.07, 6.45) is 5.30. The predicted molar refractivity (Wildman–Crippen MR) is 45.5 cm³/mol. The molecule has 2 nitrogen and oxygen atoms in total. The van der Waals surface area contributed by atoms with Crippen molar-refractivity contribution in [2.75, 3.05) is 0 Å². The second-order valence-electron chi connectivity index (χ2n) is 1.65. The summed E-state index contributed by atoms with van der Waals surface area (Å²) in [5.74, 6) is 0.577. The van der Waals surface area contributed by atoms with E-state index in [9.17, 15) is 0 Å². The van der Waals surface area contributed by atoms with Gasteiger partial charge < -0.3 is 4.90 Å². The van der Waals surface area contributed by atoms with Gasteiger partial charge in [-0.05, 0) is 13.6 Å². The summed E-state index contributed by atoms with van der Waals surface area (Å²) in [5, 5.41) is 0.